The average Bonchev–Trinajstić information content (AvgIpc) is 2.38. The Labute approximate surface area is 105 Å². The molecular formula is C13H17BrO2. The Morgan fingerprint density at radius 1 is 1.50 bits per heavy atom. The molecule has 0 saturated carbocycles. The molecule has 1 aliphatic rings. The Bertz CT molecular complexity index is 340. The molecule has 0 N–H and O–H groups in total. The number of rotatable bonds is 3. The summed E-state index contributed by atoms with van der Waals surface area (Å²) in [5, 5.41) is 0.904. The van der Waals surface area contributed by atoms with E-state index in [9.17, 15) is 0 Å². The molecule has 2 rings (SSSR count). The van der Waals surface area contributed by atoms with Gasteiger partial charge >= 0.3 is 0 Å². The SMILES string of the molecule is COC1COCCC1c1cccc(CBr)c1. The molecule has 1 aliphatic heterocycles. The number of halogens is 1. The maximum atomic E-state index is 5.49. The van der Waals surface area contributed by atoms with E-state index in [-0.39, 0.29) is 6.10 Å². The summed E-state index contributed by atoms with van der Waals surface area (Å²) in [5.74, 6) is 0.470. The zero-order valence-electron chi connectivity index (χ0n) is 9.49. The third-order valence-electron chi connectivity index (χ3n) is 3.14. The molecule has 1 aromatic carbocycles. The fraction of sp³-hybridized carbons (Fsp3) is 0.538. The number of benzene rings is 1. The van der Waals surface area contributed by atoms with E-state index in [1.54, 1.807) is 7.11 Å². The summed E-state index contributed by atoms with van der Waals surface area (Å²) >= 11 is 3.49. The first-order valence-electron chi connectivity index (χ1n) is 5.60. The van der Waals surface area contributed by atoms with Crippen molar-refractivity contribution in [3.05, 3.63) is 35.4 Å². The lowest BCUT2D eigenvalue weighted by atomic mass is 9.88. The molecule has 0 aliphatic carbocycles. The first-order valence-corrected chi connectivity index (χ1v) is 6.72. The zero-order chi connectivity index (χ0) is 11.4. The second kappa shape index (κ2) is 5.80. The molecule has 0 bridgehead atoms. The summed E-state index contributed by atoms with van der Waals surface area (Å²) in [6, 6.07) is 8.71. The summed E-state index contributed by atoms with van der Waals surface area (Å²) in [7, 11) is 1.76. The van der Waals surface area contributed by atoms with Gasteiger partial charge in [-0.15, -0.1) is 0 Å². The van der Waals surface area contributed by atoms with Crippen LogP contribution in [-0.2, 0) is 14.8 Å². The van der Waals surface area contributed by atoms with Gasteiger partial charge < -0.3 is 9.47 Å². The van der Waals surface area contributed by atoms with Gasteiger partial charge in [-0.25, -0.2) is 0 Å². The number of hydrogen-bond donors (Lipinski definition) is 0. The lowest BCUT2D eigenvalue weighted by Crippen LogP contribution is -2.32. The van der Waals surface area contributed by atoms with Crippen LogP contribution in [0, 0.1) is 0 Å². The Kier molecular flexibility index (Phi) is 4.38. The maximum Gasteiger partial charge on any atom is 0.0873 e. The second-order valence-electron chi connectivity index (χ2n) is 4.12. The molecule has 0 spiro atoms. The van der Waals surface area contributed by atoms with Gasteiger partial charge in [0.1, 0.15) is 0 Å². The molecular weight excluding hydrogens is 268 g/mol. The number of methoxy groups -OCH3 is 1. The van der Waals surface area contributed by atoms with Crippen molar-refractivity contribution >= 4 is 15.9 Å². The molecule has 88 valence electrons. The first kappa shape index (κ1) is 12.1. The molecule has 2 atom stereocenters. The fourth-order valence-corrected chi connectivity index (χ4v) is 2.58. The van der Waals surface area contributed by atoms with E-state index in [4.69, 9.17) is 9.47 Å². The highest BCUT2D eigenvalue weighted by Gasteiger charge is 2.26. The van der Waals surface area contributed by atoms with E-state index in [1.807, 2.05) is 0 Å². The Morgan fingerprint density at radius 2 is 2.38 bits per heavy atom. The van der Waals surface area contributed by atoms with Crippen molar-refractivity contribution in [1.82, 2.24) is 0 Å². The van der Waals surface area contributed by atoms with Crippen LogP contribution < -0.4 is 0 Å². The molecule has 0 aromatic heterocycles. The number of hydrogen-bond acceptors (Lipinski definition) is 2. The number of alkyl halides is 1. The highest BCUT2D eigenvalue weighted by atomic mass is 79.9. The molecule has 2 unspecified atom stereocenters. The molecule has 3 heteroatoms. The van der Waals surface area contributed by atoms with Crippen LogP contribution in [0.5, 0.6) is 0 Å². The van der Waals surface area contributed by atoms with Crippen molar-refractivity contribution in [3.8, 4) is 0 Å². The van der Waals surface area contributed by atoms with E-state index < -0.39 is 0 Å². The van der Waals surface area contributed by atoms with E-state index >= 15 is 0 Å². The quantitative estimate of drug-likeness (QED) is 0.794. The molecule has 1 aromatic rings. The van der Waals surface area contributed by atoms with Crippen molar-refractivity contribution < 1.29 is 9.47 Å². The second-order valence-corrected chi connectivity index (χ2v) is 4.68. The highest BCUT2D eigenvalue weighted by Crippen LogP contribution is 2.29. The van der Waals surface area contributed by atoms with E-state index in [2.05, 4.69) is 40.2 Å². The zero-order valence-corrected chi connectivity index (χ0v) is 11.1. The van der Waals surface area contributed by atoms with E-state index in [0.29, 0.717) is 12.5 Å². The van der Waals surface area contributed by atoms with Crippen molar-refractivity contribution in [2.24, 2.45) is 0 Å². The molecule has 0 amide bonds. The molecule has 0 radical (unpaired) electrons. The first-order chi connectivity index (χ1) is 7.85. The predicted molar refractivity (Wildman–Crippen MR) is 68.0 cm³/mol. The predicted octanol–water partition coefficient (Wildman–Crippen LogP) is 3.10. The highest BCUT2D eigenvalue weighted by molar-refractivity contribution is 9.08. The van der Waals surface area contributed by atoms with Gasteiger partial charge in [0.25, 0.3) is 0 Å². The summed E-state index contributed by atoms with van der Waals surface area (Å²) in [4.78, 5) is 0. The van der Waals surface area contributed by atoms with Crippen LogP contribution in [0.4, 0.5) is 0 Å². The van der Waals surface area contributed by atoms with Crippen LogP contribution in [0.3, 0.4) is 0 Å². The van der Waals surface area contributed by atoms with Gasteiger partial charge in [0.2, 0.25) is 0 Å². The normalized spacial score (nSPS) is 25.6. The van der Waals surface area contributed by atoms with Crippen molar-refractivity contribution in [1.29, 1.82) is 0 Å². The smallest absolute Gasteiger partial charge is 0.0873 e. The maximum absolute atomic E-state index is 5.49. The summed E-state index contributed by atoms with van der Waals surface area (Å²) < 4.78 is 10.9. The Morgan fingerprint density at radius 3 is 3.12 bits per heavy atom. The van der Waals surface area contributed by atoms with Gasteiger partial charge in [-0.2, -0.15) is 0 Å². The lowest BCUT2D eigenvalue weighted by molar-refractivity contribution is -0.0434. The minimum Gasteiger partial charge on any atom is -0.379 e. The third kappa shape index (κ3) is 2.65. The van der Waals surface area contributed by atoms with E-state index in [0.717, 1.165) is 18.4 Å². The van der Waals surface area contributed by atoms with Gasteiger partial charge in [-0.1, -0.05) is 40.2 Å². The van der Waals surface area contributed by atoms with E-state index in [1.165, 1.54) is 11.1 Å². The minimum atomic E-state index is 0.194. The standard InChI is InChI=1S/C13H17BrO2/c1-15-13-9-16-6-5-12(13)11-4-2-3-10(7-11)8-14/h2-4,7,12-13H,5-6,8-9H2,1H3. The van der Waals surface area contributed by atoms with Crippen LogP contribution in [0.15, 0.2) is 24.3 Å². The summed E-state index contributed by atoms with van der Waals surface area (Å²) in [6.45, 7) is 1.54. The summed E-state index contributed by atoms with van der Waals surface area (Å²) in [6.07, 6.45) is 1.24. The molecule has 1 fully saturated rings. The monoisotopic (exact) mass is 284 g/mol. The Hall–Kier alpha value is -0.380. The molecule has 1 heterocycles. The van der Waals surface area contributed by atoms with Gasteiger partial charge in [-0.05, 0) is 17.5 Å². The molecule has 2 nitrogen and oxygen atoms in total. The minimum absolute atomic E-state index is 0.194. The fourth-order valence-electron chi connectivity index (χ4n) is 2.23. The van der Waals surface area contributed by atoms with Gasteiger partial charge in [0, 0.05) is 25.0 Å². The summed E-state index contributed by atoms with van der Waals surface area (Å²) in [5.41, 5.74) is 2.69. The van der Waals surface area contributed by atoms with Crippen molar-refractivity contribution in [3.63, 3.8) is 0 Å². The van der Waals surface area contributed by atoms with Crippen LogP contribution in [0.2, 0.25) is 0 Å². The van der Waals surface area contributed by atoms with Crippen molar-refractivity contribution in [2.75, 3.05) is 20.3 Å². The largest absolute Gasteiger partial charge is 0.379 e. The third-order valence-corrected chi connectivity index (χ3v) is 3.79. The Balaban J connectivity index is 2.20. The molecule has 1 saturated heterocycles. The van der Waals surface area contributed by atoms with Gasteiger partial charge in [-0.3, -0.25) is 0 Å². The lowest BCUT2D eigenvalue weighted by Gasteiger charge is -2.31. The van der Waals surface area contributed by atoms with Gasteiger partial charge in [0.15, 0.2) is 0 Å². The van der Waals surface area contributed by atoms with Gasteiger partial charge in [0.05, 0.1) is 12.7 Å². The van der Waals surface area contributed by atoms with Crippen LogP contribution in [-0.4, -0.2) is 26.4 Å². The van der Waals surface area contributed by atoms with Crippen LogP contribution >= 0.6 is 15.9 Å². The van der Waals surface area contributed by atoms with Crippen LogP contribution in [0.25, 0.3) is 0 Å². The molecule has 16 heavy (non-hydrogen) atoms. The van der Waals surface area contributed by atoms with Crippen LogP contribution in [0.1, 0.15) is 23.5 Å². The average molecular weight is 285 g/mol. The van der Waals surface area contributed by atoms with Crippen molar-refractivity contribution in [2.45, 2.75) is 23.8 Å². The topological polar surface area (TPSA) is 18.5 Å². The number of ether oxygens (including phenoxy) is 2.